The normalized spacial score (nSPS) is 10.7. The Balaban J connectivity index is 1.80. The molecule has 0 aliphatic rings. The van der Waals surface area contributed by atoms with Gasteiger partial charge in [0.2, 0.25) is 0 Å². The van der Waals surface area contributed by atoms with E-state index in [-0.39, 0.29) is 5.91 Å². The maximum atomic E-state index is 12.5. The molecule has 130 valence electrons. The first-order chi connectivity index (χ1) is 12.0. The third kappa shape index (κ3) is 3.45. The van der Waals surface area contributed by atoms with E-state index in [1.165, 1.54) is 5.56 Å². The maximum Gasteiger partial charge on any atom is 0.267 e. The third-order valence-corrected chi connectivity index (χ3v) is 4.26. The van der Waals surface area contributed by atoms with Crippen molar-refractivity contribution in [3.8, 4) is 11.5 Å². The smallest absolute Gasteiger partial charge is 0.267 e. The SMILES string of the molecule is COc1ccc(OC)c(CNC(=O)c2cc3c(C)cc(C)cc3[nH]2)c1. The molecule has 0 unspecified atom stereocenters. The molecule has 1 heterocycles. The van der Waals surface area contributed by atoms with Crippen LogP contribution in [0.15, 0.2) is 36.4 Å². The minimum atomic E-state index is -0.155. The van der Waals surface area contributed by atoms with Gasteiger partial charge in [-0.05, 0) is 55.3 Å². The second-order valence-corrected chi connectivity index (χ2v) is 6.09. The summed E-state index contributed by atoms with van der Waals surface area (Å²) in [5.41, 5.74) is 4.70. The van der Waals surface area contributed by atoms with Crippen molar-refractivity contribution in [3.05, 3.63) is 58.8 Å². The van der Waals surface area contributed by atoms with Gasteiger partial charge in [-0.15, -0.1) is 0 Å². The minimum Gasteiger partial charge on any atom is -0.497 e. The number of hydrogen-bond donors (Lipinski definition) is 2. The summed E-state index contributed by atoms with van der Waals surface area (Å²) in [7, 11) is 3.22. The number of nitrogens with one attached hydrogen (secondary N) is 2. The molecule has 0 radical (unpaired) electrons. The summed E-state index contributed by atoms with van der Waals surface area (Å²) in [5.74, 6) is 1.28. The summed E-state index contributed by atoms with van der Waals surface area (Å²) in [5, 5.41) is 4.00. The molecule has 5 heteroatoms. The van der Waals surface area contributed by atoms with Crippen molar-refractivity contribution in [2.24, 2.45) is 0 Å². The number of carbonyl (C=O) groups is 1. The number of hydrogen-bond acceptors (Lipinski definition) is 3. The predicted molar refractivity (Wildman–Crippen MR) is 98.5 cm³/mol. The monoisotopic (exact) mass is 338 g/mol. The fourth-order valence-electron chi connectivity index (χ4n) is 3.01. The molecule has 2 aromatic carbocycles. The van der Waals surface area contributed by atoms with Gasteiger partial charge in [0.25, 0.3) is 5.91 Å². The fourth-order valence-corrected chi connectivity index (χ4v) is 3.01. The summed E-state index contributed by atoms with van der Waals surface area (Å²) >= 11 is 0. The van der Waals surface area contributed by atoms with Crippen molar-refractivity contribution in [2.45, 2.75) is 20.4 Å². The molecule has 0 saturated heterocycles. The largest absolute Gasteiger partial charge is 0.497 e. The Morgan fingerprint density at radius 1 is 1.08 bits per heavy atom. The van der Waals surface area contributed by atoms with Gasteiger partial charge in [-0.1, -0.05) is 6.07 Å². The van der Waals surface area contributed by atoms with Crippen LogP contribution in [-0.4, -0.2) is 25.1 Å². The van der Waals surface area contributed by atoms with Crippen LogP contribution in [0.1, 0.15) is 27.2 Å². The average Bonchev–Trinajstić information content (AvgIpc) is 3.03. The van der Waals surface area contributed by atoms with Crippen molar-refractivity contribution >= 4 is 16.8 Å². The molecule has 0 atom stereocenters. The van der Waals surface area contributed by atoms with E-state index in [4.69, 9.17) is 9.47 Å². The van der Waals surface area contributed by atoms with Crippen molar-refractivity contribution in [2.75, 3.05) is 14.2 Å². The van der Waals surface area contributed by atoms with Gasteiger partial charge in [0.1, 0.15) is 17.2 Å². The molecular formula is C20H22N2O3. The zero-order valence-corrected chi connectivity index (χ0v) is 14.9. The van der Waals surface area contributed by atoms with Crippen LogP contribution in [-0.2, 0) is 6.54 Å². The second kappa shape index (κ2) is 6.89. The molecule has 5 nitrogen and oxygen atoms in total. The van der Waals surface area contributed by atoms with Crippen LogP contribution in [0.3, 0.4) is 0 Å². The summed E-state index contributed by atoms with van der Waals surface area (Å²) in [6, 6.07) is 11.6. The number of carbonyl (C=O) groups excluding carboxylic acids is 1. The van der Waals surface area contributed by atoms with Gasteiger partial charge < -0.3 is 19.8 Å². The Labute approximate surface area is 147 Å². The number of ether oxygens (including phenoxy) is 2. The van der Waals surface area contributed by atoms with Crippen LogP contribution in [0.5, 0.6) is 11.5 Å². The lowest BCUT2D eigenvalue weighted by atomic mass is 10.1. The number of fused-ring (bicyclic) bond motifs is 1. The number of aromatic nitrogens is 1. The molecule has 2 N–H and O–H groups in total. The van der Waals surface area contributed by atoms with E-state index in [1.807, 2.05) is 44.2 Å². The molecule has 0 fully saturated rings. The first kappa shape index (κ1) is 16.9. The van der Waals surface area contributed by atoms with Crippen molar-refractivity contribution in [1.29, 1.82) is 0 Å². The van der Waals surface area contributed by atoms with Gasteiger partial charge in [0.15, 0.2) is 0 Å². The van der Waals surface area contributed by atoms with Gasteiger partial charge in [0.05, 0.1) is 14.2 Å². The summed E-state index contributed by atoms with van der Waals surface area (Å²) in [4.78, 5) is 15.7. The number of aromatic amines is 1. The zero-order chi connectivity index (χ0) is 18.0. The van der Waals surface area contributed by atoms with Crippen LogP contribution in [0, 0.1) is 13.8 Å². The molecule has 1 amide bonds. The van der Waals surface area contributed by atoms with E-state index >= 15 is 0 Å². The third-order valence-electron chi connectivity index (χ3n) is 4.26. The molecule has 1 aromatic heterocycles. The Morgan fingerprint density at radius 2 is 1.88 bits per heavy atom. The van der Waals surface area contributed by atoms with Gasteiger partial charge in [-0.3, -0.25) is 4.79 Å². The maximum absolute atomic E-state index is 12.5. The summed E-state index contributed by atoms with van der Waals surface area (Å²) in [6.07, 6.45) is 0. The van der Waals surface area contributed by atoms with Crippen LogP contribution in [0.25, 0.3) is 10.9 Å². The van der Waals surface area contributed by atoms with E-state index in [0.29, 0.717) is 18.0 Å². The predicted octanol–water partition coefficient (Wildman–Crippen LogP) is 3.73. The van der Waals surface area contributed by atoms with Gasteiger partial charge in [-0.2, -0.15) is 0 Å². The number of rotatable bonds is 5. The number of aryl methyl sites for hydroxylation is 2. The molecule has 0 bridgehead atoms. The summed E-state index contributed by atoms with van der Waals surface area (Å²) < 4.78 is 10.6. The van der Waals surface area contributed by atoms with E-state index in [2.05, 4.69) is 16.4 Å². The van der Waals surface area contributed by atoms with E-state index in [9.17, 15) is 4.79 Å². The minimum absolute atomic E-state index is 0.155. The molecular weight excluding hydrogens is 316 g/mol. The molecule has 0 saturated carbocycles. The van der Waals surface area contributed by atoms with Gasteiger partial charge in [0, 0.05) is 23.0 Å². The molecule has 0 aliphatic carbocycles. The topological polar surface area (TPSA) is 63.4 Å². The van der Waals surface area contributed by atoms with Crippen LogP contribution in [0.2, 0.25) is 0 Å². The highest BCUT2D eigenvalue weighted by atomic mass is 16.5. The first-order valence-corrected chi connectivity index (χ1v) is 8.11. The van der Waals surface area contributed by atoms with E-state index in [0.717, 1.165) is 27.8 Å². The standard InChI is InChI=1S/C20H22N2O3/c1-12-7-13(2)16-10-18(22-17(16)8-12)20(23)21-11-14-9-15(24-3)5-6-19(14)25-4/h5-10,22H,11H2,1-4H3,(H,21,23). The highest BCUT2D eigenvalue weighted by Gasteiger charge is 2.12. The van der Waals surface area contributed by atoms with Crippen molar-refractivity contribution < 1.29 is 14.3 Å². The molecule has 25 heavy (non-hydrogen) atoms. The Kier molecular flexibility index (Phi) is 4.65. The van der Waals surface area contributed by atoms with Crippen LogP contribution >= 0.6 is 0 Å². The number of benzene rings is 2. The summed E-state index contributed by atoms with van der Waals surface area (Å²) in [6.45, 7) is 4.45. The lowest BCUT2D eigenvalue weighted by Gasteiger charge is -2.11. The van der Waals surface area contributed by atoms with Crippen molar-refractivity contribution in [3.63, 3.8) is 0 Å². The molecule has 3 aromatic rings. The highest BCUT2D eigenvalue weighted by molar-refractivity contribution is 5.99. The molecule has 0 aliphatic heterocycles. The first-order valence-electron chi connectivity index (χ1n) is 8.11. The average molecular weight is 338 g/mol. The number of H-pyrrole nitrogens is 1. The Morgan fingerprint density at radius 3 is 2.60 bits per heavy atom. The van der Waals surface area contributed by atoms with Gasteiger partial charge in [-0.25, -0.2) is 0 Å². The number of methoxy groups -OCH3 is 2. The van der Waals surface area contributed by atoms with Crippen molar-refractivity contribution in [1.82, 2.24) is 10.3 Å². The van der Waals surface area contributed by atoms with Crippen LogP contribution in [0.4, 0.5) is 0 Å². The lowest BCUT2D eigenvalue weighted by Crippen LogP contribution is -2.23. The quantitative estimate of drug-likeness (QED) is 0.745. The van der Waals surface area contributed by atoms with Gasteiger partial charge >= 0.3 is 0 Å². The van der Waals surface area contributed by atoms with Crippen LogP contribution < -0.4 is 14.8 Å². The zero-order valence-electron chi connectivity index (χ0n) is 14.9. The number of amides is 1. The lowest BCUT2D eigenvalue weighted by molar-refractivity contribution is 0.0946. The second-order valence-electron chi connectivity index (χ2n) is 6.09. The van der Waals surface area contributed by atoms with E-state index < -0.39 is 0 Å². The Hall–Kier alpha value is -2.95. The molecule has 3 rings (SSSR count). The molecule has 0 spiro atoms. The highest BCUT2D eigenvalue weighted by Crippen LogP contribution is 2.24. The fraction of sp³-hybridized carbons (Fsp3) is 0.250. The Bertz CT molecular complexity index is 928. The van der Waals surface area contributed by atoms with E-state index in [1.54, 1.807) is 14.2 Å².